The summed E-state index contributed by atoms with van der Waals surface area (Å²) in [4.78, 5) is 18.7. The van der Waals surface area contributed by atoms with E-state index in [4.69, 9.17) is 14.5 Å². The summed E-state index contributed by atoms with van der Waals surface area (Å²) in [6.07, 6.45) is 1.67. The standard InChI is InChI=1S/C34H32BrN3O3/c1-5-40-32-17-23(4)28(19-27(32)22(2)3)33-37-30-14-10-9-13-26(30)34(39)38(33)36-20-25-15-16-31(29(35)18-25)41-21-24-11-7-6-8-12-24/h6-20,22H,5,21H2,1-4H3. The zero-order valence-corrected chi connectivity index (χ0v) is 25.2. The molecule has 0 radical (unpaired) electrons. The highest BCUT2D eigenvalue weighted by Crippen LogP contribution is 2.34. The summed E-state index contributed by atoms with van der Waals surface area (Å²) in [7, 11) is 0. The largest absolute Gasteiger partial charge is 0.494 e. The third kappa shape index (κ3) is 6.25. The van der Waals surface area contributed by atoms with Crippen molar-refractivity contribution in [3.63, 3.8) is 0 Å². The highest BCUT2D eigenvalue weighted by Gasteiger charge is 2.18. The van der Waals surface area contributed by atoms with E-state index in [9.17, 15) is 4.79 Å². The minimum absolute atomic E-state index is 0.222. The first kappa shape index (κ1) is 28.3. The number of aromatic nitrogens is 2. The van der Waals surface area contributed by atoms with Crippen LogP contribution < -0.4 is 15.0 Å². The molecule has 0 N–H and O–H groups in total. The topological polar surface area (TPSA) is 65.7 Å². The minimum Gasteiger partial charge on any atom is -0.494 e. The molecule has 0 aliphatic rings. The van der Waals surface area contributed by atoms with Crippen molar-refractivity contribution in [1.82, 2.24) is 9.66 Å². The molecule has 0 spiro atoms. The number of fused-ring (bicyclic) bond motifs is 1. The molecule has 1 heterocycles. The third-order valence-corrected chi connectivity index (χ3v) is 7.41. The number of aryl methyl sites for hydroxylation is 1. The van der Waals surface area contributed by atoms with Gasteiger partial charge in [0.05, 0.1) is 28.2 Å². The van der Waals surface area contributed by atoms with Gasteiger partial charge in [0.2, 0.25) is 0 Å². The zero-order valence-electron chi connectivity index (χ0n) is 23.6. The normalized spacial score (nSPS) is 11.5. The number of rotatable bonds is 9. The van der Waals surface area contributed by atoms with Gasteiger partial charge in [-0.25, -0.2) is 4.98 Å². The predicted octanol–water partition coefficient (Wildman–Crippen LogP) is 8.12. The third-order valence-electron chi connectivity index (χ3n) is 6.79. The van der Waals surface area contributed by atoms with Crippen LogP contribution >= 0.6 is 15.9 Å². The van der Waals surface area contributed by atoms with Crippen LogP contribution in [0.2, 0.25) is 0 Å². The Hall–Kier alpha value is -4.23. The SMILES string of the molecule is CCOc1cc(C)c(-c2nc3ccccc3c(=O)n2N=Cc2ccc(OCc3ccccc3)c(Br)c2)cc1C(C)C. The molecule has 41 heavy (non-hydrogen) atoms. The molecule has 0 aliphatic carbocycles. The number of benzene rings is 4. The first-order chi connectivity index (χ1) is 19.9. The summed E-state index contributed by atoms with van der Waals surface area (Å²) < 4.78 is 14.1. The van der Waals surface area contributed by atoms with Gasteiger partial charge in [-0.1, -0.05) is 56.3 Å². The number of nitrogens with zero attached hydrogens (tertiary/aromatic N) is 3. The van der Waals surface area contributed by atoms with E-state index in [1.165, 1.54) is 4.68 Å². The Kier molecular flexibility index (Phi) is 8.64. The second kappa shape index (κ2) is 12.5. The first-order valence-electron chi connectivity index (χ1n) is 13.7. The summed E-state index contributed by atoms with van der Waals surface area (Å²) in [6.45, 7) is 9.28. The van der Waals surface area contributed by atoms with Gasteiger partial charge in [0.1, 0.15) is 18.1 Å². The zero-order chi connectivity index (χ0) is 28.9. The van der Waals surface area contributed by atoms with Gasteiger partial charge in [-0.2, -0.15) is 9.78 Å². The van der Waals surface area contributed by atoms with Crippen LogP contribution in [-0.4, -0.2) is 22.5 Å². The maximum absolute atomic E-state index is 13.7. The maximum Gasteiger partial charge on any atom is 0.282 e. The molecule has 5 aromatic rings. The Morgan fingerprint density at radius 2 is 1.71 bits per heavy atom. The van der Waals surface area contributed by atoms with Crippen molar-refractivity contribution >= 4 is 33.0 Å². The summed E-state index contributed by atoms with van der Waals surface area (Å²) in [6, 6.07) is 27.2. The van der Waals surface area contributed by atoms with Crippen molar-refractivity contribution in [2.24, 2.45) is 5.10 Å². The van der Waals surface area contributed by atoms with Crippen LogP contribution in [0.4, 0.5) is 0 Å². The number of hydrogen-bond donors (Lipinski definition) is 0. The fourth-order valence-electron chi connectivity index (χ4n) is 4.65. The Labute approximate surface area is 248 Å². The Morgan fingerprint density at radius 1 is 0.951 bits per heavy atom. The fourth-order valence-corrected chi connectivity index (χ4v) is 5.16. The monoisotopic (exact) mass is 609 g/mol. The summed E-state index contributed by atoms with van der Waals surface area (Å²) in [5.41, 5.74) is 5.13. The van der Waals surface area contributed by atoms with E-state index in [2.05, 4.69) is 40.9 Å². The van der Waals surface area contributed by atoms with E-state index in [1.807, 2.05) is 86.6 Å². The van der Waals surface area contributed by atoms with E-state index < -0.39 is 0 Å². The van der Waals surface area contributed by atoms with Gasteiger partial charge in [-0.3, -0.25) is 4.79 Å². The number of halogens is 1. The molecule has 0 atom stereocenters. The van der Waals surface area contributed by atoms with Crippen molar-refractivity contribution in [1.29, 1.82) is 0 Å². The molecule has 0 amide bonds. The van der Waals surface area contributed by atoms with Crippen LogP contribution in [0.25, 0.3) is 22.3 Å². The molecular weight excluding hydrogens is 578 g/mol. The first-order valence-corrected chi connectivity index (χ1v) is 14.4. The second-order valence-corrected chi connectivity index (χ2v) is 10.9. The lowest BCUT2D eigenvalue weighted by Gasteiger charge is -2.18. The van der Waals surface area contributed by atoms with Crippen molar-refractivity contribution in [2.45, 2.75) is 40.2 Å². The van der Waals surface area contributed by atoms with E-state index in [0.29, 0.717) is 29.9 Å². The van der Waals surface area contributed by atoms with Gasteiger partial charge in [-0.05, 0) is 100 Å². The minimum atomic E-state index is -0.233. The Morgan fingerprint density at radius 3 is 2.44 bits per heavy atom. The smallest absolute Gasteiger partial charge is 0.282 e. The fraction of sp³-hybridized carbons (Fsp3) is 0.206. The van der Waals surface area contributed by atoms with Gasteiger partial charge < -0.3 is 9.47 Å². The van der Waals surface area contributed by atoms with Crippen LogP contribution in [0.3, 0.4) is 0 Å². The molecule has 7 heteroatoms. The Bertz CT molecular complexity index is 1780. The van der Waals surface area contributed by atoms with Crippen LogP contribution in [0, 0.1) is 6.92 Å². The van der Waals surface area contributed by atoms with Crippen molar-refractivity contribution in [3.8, 4) is 22.9 Å². The molecule has 0 saturated heterocycles. The van der Waals surface area contributed by atoms with E-state index in [0.717, 1.165) is 43.8 Å². The van der Waals surface area contributed by atoms with Crippen LogP contribution in [0.1, 0.15) is 48.9 Å². The average Bonchev–Trinajstić information content (AvgIpc) is 2.97. The number of para-hydroxylation sites is 1. The predicted molar refractivity (Wildman–Crippen MR) is 169 cm³/mol. The lowest BCUT2D eigenvalue weighted by molar-refractivity contribution is 0.304. The molecule has 4 aromatic carbocycles. The Balaban J connectivity index is 1.55. The summed E-state index contributed by atoms with van der Waals surface area (Å²) in [5.74, 6) is 2.28. The van der Waals surface area contributed by atoms with Crippen LogP contribution in [0.5, 0.6) is 11.5 Å². The molecule has 0 bridgehead atoms. The molecule has 0 unspecified atom stereocenters. The molecule has 1 aromatic heterocycles. The number of hydrogen-bond acceptors (Lipinski definition) is 5. The van der Waals surface area contributed by atoms with Crippen molar-refractivity contribution < 1.29 is 9.47 Å². The highest BCUT2D eigenvalue weighted by molar-refractivity contribution is 9.10. The summed E-state index contributed by atoms with van der Waals surface area (Å²) in [5, 5.41) is 5.17. The lowest BCUT2D eigenvalue weighted by Crippen LogP contribution is -2.20. The molecule has 0 fully saturated rings. The molecule has 6 nitrogen and oxygen atoms in total. The molecule has 5 rings (SSSR count). The maximum atomic E-state index is 13.7. The van der Waals surface area contributed by atoms with Gasteiger partial charge in [0.25, 0.3) is 5.56 Å². The number of ether oxygens (including phenoxy) is 2. The van der Waals surface area contributed by atoms with Crippen LogP contribution in [0.15, 0.2) is 99.3 Å². The molecule has 208 valence electrons. The summed E-state index contributed by atoms with van der Waals surface area (Å²) >= 11 is 3.62. The average molecular weight is 611 g/mol. The molecule has 0 aliphatic heterocycles. The van der Waals surface area contributed by atoms with E-state index in [1.54, 1.807) is 12.3 Å². The quantitative estimate of drug-likeness (QED) is 0.158. The van der Waals surface area contributed by atoms with Gasteiger partial charge in [0, 0.05) is 5.56 Å². The van der Waals surface area contributed by atoms with E-state index >= 15 is 0 Å². The van der Waals surface area contributed by atoms with E-state index in [-0.39, 0.29) is 11.5 Å². The van der Waals surface area contributed by atoms with Gasteiger partial charge >= 0.3 is 0 Å². The van der Waals surface area contributed by atoms with Gasteiger partial charge in [0.15, 0.2) is 5.82 Å². The van der Waals surface area contributed by atoms with Crippen molar-refractivity contribution in [2.75, 3.05) is 6.61 Å². The van der Waals surface area contributed by atoms with Crippen LogP contribution in [-0.2, 0) is 6.61 Å². The highest BCUT2D eigenvalue weighted by atomic mass is 79.9. The second-order valence-electron chi connectivity index (χ2n) is 10.1. The van der Waals surface area contributed by atoms with Gasteiger partial charge in [-0.15, -0.1) is 0 Å². The molecule has 0 saturated carbocycles. The lowest BCUT2D eigenvalue weighted by atomic mass is 9.96. The molecular formula is C34H32BrN3O3. The van der Waals surface area contributed by atoms with Crippen molar-refractivity contribution in [3.05, 3.63) is 122 Å².